The summed E-state index contributed by atoms with van der Waals surface area (Å²) in [6.45, 7) is 4.29. The van der Waals surface area contributed by atoms with Gasteiger partial charge in [-0.3, -0.25) is 4.98 Å². The van der Waals surface area contributed by atoms with Crippen LogP contribution < -0.4 is 0 Å². The topological polar surface area (TPSA) is 59.7 Å². The molecule has 0 bridgehead atoms. The van der Waals surface area contributed by atoms with Gasteiger partial charge in [0.1, 0.15) is 12.0 Å². The van der Waals surface area contributed by atoms with Gasteiger partial charge in [-0.2, -0.15) is 5.10 Å². The molecule has 3 aromatic rings. The van der Waals surface area contributed by atoms with E-state index in [4.69, 9.17) is 0 Å². The monoisotopic (exact) mass is 308 g/mol. The zero-order valence-electron chi connectivity index (χ0n) is 13.1. The fourth-order valence-electron chi connectivity index (χ4n) is 3.18. The number of fused-ring (bicyclic) bond motifs is 1. The number of rotatable bonds is 4. The summed E-state index contributed by atoms with van der Waals surface area (Å²) in [4.78, 5) is 15.7. The van der Waals surface area contributed by atoms with Crippen LogP contribution in [0.5, 0.6) is 0 Å². The highest BCUT2D eigenvalue weighted by Crippen LogP contribution is 2.23. The van der Waals surface area contributed by atoms with Crippen LogP contribution in [0, 0.1) is 0 Å². The summed E-state index contributed by atoms with van der Waals surface area (Å²) < 4.78 is 1.98. The molecule has 3 aromatic heterocycles. The molecule has 6 heteroatoms. The molecule has 0 spiro atoms. The summed E-state index contributed by atoms with van der Waals surface area (Å²) in [6.07, 6.45) is 9.23. The lowest BCUT2D eigenvalue weighted by atomic mass is 10.1. The van der Waals surface area contributed by atoms with E-state index in [0.717, 1.165) is 35.5 Å². The molecule has 0 aromatic carbocycles. The van der Waals surface area contributed by atoms with E-state index in [9.17, 15) is 0 Å². The second-order valence-corrected chi connectivity index (χ2v) is 5.94. The highest BCUT2D eigenvalue weighted by Gasteiger charge is 2.14. The van der Waals surface area contributed by atoms with E-state index in [-0.39, 0.29) is 0 Å². The first-order valence-corrected chi connectivity index (χ1v) is 8.22. The molecule has 0 saturated carbocycles. The predicted octanol–water partition coefficient (Wildman–Crippen LogP) is 2.37. The SMILES string of the molecule is c1ccc(-c2ncnc3c2cnn3CCN2CCCCC2)nc1. The lowest BCUT2D eigenvalue weighted by Crippen LogP contribution is -2.32. The molecular weight excluding hydrogens is 288 g/mol. The Hall–Kier alpha value is -2.34. The van der Waals surface area contributed by atoms with Gasteiger partial charge in [-0.15, -0.1) is 0 Å². The summed E-state index contributed by atoms with van der Waals surface area (Å²) in [5.74, 6) is 0. The minimum Gasteiger partial charge on any atom is -0.301 e. The Kier molecular flexibility index (Phi) is 3.98. The zero-order valence-corrected chi connectivity index (χ0v) is 13.1. The maximum atomic E-state index is 4.53. The standard InChI is InChI=1S/C17H20N6/c1-4-8-22(9-5-1)10-11-23-17-14(12-21-23)16(19-13-20-17)15-6-2-3-7-18-15/h2-3,6-7,12-13H,1,4-5,8-11H2. The van der Waals surface area contributed by atoms with Crippen LogP contribution in [0.1, 0.15) is 19.3 Å². The molecular formula is C17H20N6. The average molecular weight is 308 g/mol. The molecule has 23 heavy (non-hydrogen) atoms. The molecule has 4 rings (SSSR count). The zero-order chi connectivity index (χ0) is 15.5. The molecule has 0 amide bonds. The van der Waals surface area contributed by atoms with Gasteiger partial charge in [-0.05, 0) is 38.1 Å². The van der Waals surface area contributed by atoms with E-state index in [1.165, 1.54) is 32.4 Å². The Morgan fingerprint density at radius 2 is 1.87 bits per heavy atom. The van der Waals surface area contributed by atoms with Crippen LogP contribution in [0.4, 0.5) is 0 Å². The third-order valence-electron chi connectivity index (χ3n) is 4.42. The first kappa shape index (κ1) is 14.3. The van der Waals surface area contributed by atoms with E-state index < -0.39 is 0 Å². The second kappa shape index (κ2) is 6.42. The number of hydrogen-bond acceptors (Lipinski definition) is 5. The van der Waals surface area contributed by atoms with E-state index in [1.807, 2.05) is 29.1 Å². The maximum absolute atomic E-state index is 4.53. The van der Waals surface area contributed by atoms with Crippen molar-refractivity contribution in [1.29, 1.82) is 0 Å². The van der Waals surface area contributed by atoms with Gasteiger partial charge in [0.2, 0.25) is 0 Å². The molecule has 0 N–H and O–H groups in total. The Morgan fingerprint density at radius 3 is 2.70 bits per heavy atom. The Morgan fingerprint density at radius 1 is 0.957 bits per heavy atom. The Bertz CT molecular complexity index is 776. The number of aromatic nitrogens is 5. The van der Waals surface area contributed by atoms with Gasteiger partial charge < -0.3 is 4.90 Å². The highest BCUT2D eigenvalue weighted by molar-refractivity contribution is 5.88. The van der Waals surface area contributed by atoms with Crippen LogP contribution in [-0.2, 0) is 6.54 Å². The van der Waals surface area contributed by atoms with Crippen LogP contribution in [0.3, 0.4) is 0 Å². The molecule has 6 nitrogen and oxygen atoms in total. The van der Waals surface area contributed by atoms with Crippen molar-refractivity contribution in [2.45, 2.75) is 25.8 Å². The van der Waals surface area contributed by atoms with Crippen molar-refractivity contribution in [2.24, 2.45) is 0 Å². The average Bonchev–Trinajstić information content (AvgIpc) is 3.05. The molecule has 1 saturated heterocycles. The van der Waals surface area contributed by atoms with Crippen molar-refractivity contribution in [2.75, 3.05) is 19.6 Å². The van der Waals surface area contributed by atoms with Gasteiger partial charge in [0.05, 0.1) is 23.8 Å². The number of piperidine rings is 1. The largest absolute Gasteiger partial charge is 0.301 e. The summed E-state index contributed by atoms with van der Waals surface area (Å²) in [7, 11) is 0. The molecule has 1 aliphatic heterocycles. The molecule has 0 unspecified atom stereocenters. The Labute approximate surface area is 135 Å². The van der Waals surface area contributed by atoms with Gasteiger partial charge in [-0.1, -0.05) is 12.5 Å². The summed E-state index contributed by atoms with van der Waals surface area (Å²) >= 11 is 0. The fraction of sp³-hybridized carbons (Fsp3) is 0.412. The van der Waals surface area contributed by atoms with Crippen molar-refractivity contribution in [3.63, 3.8) is 0 Å². The van der Waals surface area contributed by atoms with Crippen LogP contribution >= 0.6 is 0 Å². The fourth-order valence-corrected chi connectivity index (χ4v) is 3.18. The third kappa shape index (κ3) is 2.94. The van der Waals surface area contributed by atoms with Gasteiger partial charge in [0.15, 0.2) is 5.65 Å². The van der Waals surface area contributed by atoms with E-state index in [2.05, 4.69) is 25.0 Å². The van der Waals surface area contributed by atoms with Gasteiger partial charge in [0, 0.05) is 12.7 Å². The summed E-state index contributed by atoms with van der Waals surface area (Å²) in [6, 6.07) is 5.84. The minimum absolute atomic E-state index is 0.847. The Balaban J connectivity index is 1.60. The molecule has 1 fully saturated rings. The number of likely N-dealkylation sites (tertiary alicyclic amines) is 1. The molecule has 118 valence electrons. The third-order valence-corrected chi connectivity index (χ3v) is 4.42. The number of nitrogens with zero attached hydrogens (tertiary/aromatic N) is 6. The summed E-state index contributed by atoms with van der Waals surface area (Å²) in [5.41, 5.74) is 2.59. The predicted molar refractivity (Wildman–Crippen MR) is 88.8 cm³/mol. The highest BCUT2D eigenvalue weighted by atomic mass is 15.3. The smallest absolute Gasteiger partial charge is 0.161 e. The van der Waals surface area contributed by atoms with Crippen LogP contribution in [-0.4, -0.2) is 49.3 Å². The van der Waals surface area contributed by atoms with Crippen molar-refractivity contribution < 1.29 is 0 Å². The van der Waals surface area contributed by atoms with Crippen molar-refractivity contribution in [3.05, 3.63) is 36.9 Å². The maximum Gasteiger partial charge on any atom is 0.161 e. The first-order chi connectivity index (χ1) is 11.4. The lowest BCUT2D eigenvalue weighted by Gasteiger charge is -2.26. The number of hydrogen-bond donors (Lipinski definition) is 0. The van der Waals surface area contributed by atoms with Crippen molar-refractivity contribution >= 4 is 11.0 Å². The molecule has 0 radical (unpaired) electrons. The van der Waals surface area contributed by atoms with E-state index in [0.29, 0.717) is 0 Å². The van der Waals surface area contributed by atoms with Crippen molar-refractivity contribution in [1.82, 2.24) is 29.6 Å². The number of pyridine rings is 1. The molecule has 0 aliphatic carbocycles. The van der Waals surface area contributed by atoms with Gasteiger partial charge >= 0.3 is 0 Å². The van der Waals surface area contributed by atoms with Gasteiger partial charge in [-0.25, -0.2) is 14.6 Å². The second-order valence-electron chi connectivity index (χ2n) is 5.94. The summed E-state index contributed by atoms with van der Waals surface area (Å²) in [5, 5.41) is 5.49. The van der Waals surface area contributed by atoms with Crippen LogP contribution in [0.25, 0.3) is 22.4 Å². The normalized spacial score (nSPS) is 16.0. The minimum atomic E-state index is 0.847. The van der Waals surface area contributed by atoms with E-state index in [1.54, 1.807) is 12.5 Å². The molecule has 0 atom stereocenters. The van der Waals surface area contributed by atoms with E-state index >= 15 is 0 Å². The molecule has 1 aliphatic rings. The van der Waals surface area contributed by atoms with Crippen LogP contribution in [0.2, 0.25) is 0 Å². The van der Waals surface area contributed by atoms with Gasteiger partial charge in [0.25, 0.3) is 0 Å². The van der Waals surface area contributed by atoms with Crippen LogP contribution in [0.15, 0.2) is 36.9 Å². The van der Waals surface area contributed by atoms with Crippen molar-refractivity contribution in [3.8, 4) is 11.4 Å². The quantitative estimate of drug-likeness (QED) is 0.740. The lowest BCUT2D eigenvalue weighted by molar-refractivity contribution is 0.219. The first-order valence-electron chi connectivity index (χ1n) is 8.22. The molecule has 4 heterocycles.